The van der Waals surface area contributed by atoms with Gasteiger partial charge in [-0.25, -0.2) is 14.2 Å². The minimum Gasteiger partial charge on any atom is -0.490 e. The van der Waals surface area contributed by atoms with Gasteiger partial charge >= 0.3 is 5.97 Å². The van der Waals surface area contributed by atoms with Gasteiger partial charge in [-0.1, -0.05) is 41.4 Å². The molecular weight excluding hydrogens is 595 g/mol. The van der Waals surface area contributed by atoms with Gasteiger partial charge in [0.2, 0.25) is 5.90 Å². The van der Waals surface area contributed by atoms with Crippen LogP contribution in [0.4, 0.5) is 4.39 Å². The van der Waals surface area contributed by atoms with Gasteiger partial charge in [-0.05, 0) is 77.6 Å². The molecule has 0 radical (unpaired) electrons. The molecule has 1 heterocycles. The second kappa shape index (κ2) is 10.8. The quantitative estimate of drug-likeness (QED) is 0.163. The van der Waals surface area contributed by atoms with Crippen molar-refractivity contribution in [1.82, 2.24) is 0 Å². The van der Waals surface area contributed by atoms with Crippen LogP contribution in [0.25, 0.3) is 6.08 Å². The monoisotopic (exact) mass is 611 g/mol. The highest BCUT2D eigenvalue weighted by Gasteiger charge is 2.25. The van der Waals surface area contributed by atoms with E-state index in [0.717, 1.165) is 3.57 Å². The number of benzene rings is 3. The number of esters is 1. The van der Waals surface area contributed by atoms with Crippen molar-refractivity contribution in [3.8, 4) is 11.5 Å². The first-order chi connectivity index (χ1) is 16.4. The molecule has 0 amide bonds. The molecule has 0 saturated heterocycles. The second-order valence-corrected chi connectivity index (χ2v) is 9.08. The summed E-state index contributed by atoms with van der Waals surface area (Å²) in [6, 6.07) is 14.8. The van der Waals surface area contributed by atoms with E-state index in [1.54, 1.807) is 48.5 Å². The lowest BCUT2D eigenvalue weighted by Gasteiger charge is -2.15. The van der Waals surface area contributed by atoms with Gasteiger partial charge in [0.15, 0.2) is 17.2 Å². The zero-order valence-electron chi connectivity index (χ0n) is 17.8. The molecule has 9 heteroatoms. The van der Waals surface area contributed by atoms with E-state index < -0.39 is 5.97 Å². The molecule has 5 nitrogen and oxygen atoms in total. The molecule has 34 heavy (non-hydrogen) atoms. The molecule has 1 aliphatic heterocycles. The van der Waals surface area contributed by atoms with Crippen LogP contribution in [0.1, 0.15) is 23.6 Å². The third-order valence-electron chi connectivity index (χ3n) is 4.75. The average molecular weight is 612 g/mol. The number of rotatable bonds is 7. The molecule has 3 aromatic carbocycles. The van der Waals surface area contributed by atoms with Crippen LogP contribution in [0.2, 0.25) is 10.0 Å². The maximum Gasteiger partial charge on any atom is 0.363 e. The van der Waals surface area contributed by atoms with Crippen molar-refractivity contribution in [2.45, 2.75) is 13.5 Å². The molecule has 0 atom stereocenters. The fourth-order valence-corrected chi connectivity index (χ4v) is 4.24. The Morgan fingerprint density at radius 2 is 1.88 bits per heavy atom. The Morgan fingerprint density at radius 1 is 1.09 bits per heavy atom. The largest absolute Gasteiger partial charge is 0.490 e. The Morgan fingerprint density at radius 3 is 2.62 bits per heavy atom. The van der Waals surface area contributed by atoms with Crippen molar-refractivity contribution in [1.29, 1.82) is 0 Å². The number of hydrogen-bond donors (Lipinski definition) is 0. The van der Waals surface area contributed by atoms with Crippen molar-refractivity contribution in [3.63, 3.8) is 0 Å². The number of nitrogens with zero attached hydrogens (tertiary/aromatic N) is 1. The van der Waals surface area contributed by atoms with E-state index in [9.17, 15) is 9.18 Å². The number of carbonyl (C=O) groups excluding carboxylic acids is 1. The second-order valence-electron chi connectivity index (χ2n) is 7.11. The lowest BCUT2D eigenvalue weighted by atomic mass is 10.1. The molecule has 0 N–H and O–H groups in total. The first-order valence-corrected chi connectivity index (χ1v) is 12.0. The van der Waals surface area contributed by atoms with Gasteiger partial charge in [0.1, 0.15) is 12.4 Å². The van der Waals surface area contributed by atoms with Gasteiger partial charge in [-0.2, -0.15) is 0 Å². The molecule has 0 bridgehead atoms. The average Bonchev–Trinajstić information content (AvgIpc) is 3.16. The molecular formula is C25H17Cl2FINO4. The topological polar surface area (TPSA) is 57.1 Å². The highest BCUT2D eigenvalue weighted by molar-refractivity contribution is 14.1. The Balaban J connectivity index is 1.62. The summed E-state index contributed by atoms with van der Waals surface area (Å²) in [5.74, 6) is 0.167. The Bertz CT molecular complexity index is 1330. The Labute approximate surface area is 219 Å². The number of cyclic esters (lactones) is 1. The summed E-state index contributed by atoms with van der Waals surface area (Å²) in [6.07, 6.45) is 1.60. The Hall–Kier alpha value is -2.62. The molecule has 1 aliphatic rings. The van der Waals surface area contributed by atoms with Crippen LogP contribution in [0.15, 0.2) is 65.3 Å². The van der Waals surface area contributed by atoms with Crippen molar-refractivity contribution >= 4 is 63.7 Å². The summed E-state index contributed by atoms with van der Waals surface area (Å²) in [6.45, 7) is 2.29. The predicted molar refractivity (Wildman–Crippen MR) is 138 cm³/mol. The summed E-state index contributed by atoms with van der Waals surface area (Å²) in [5.41, 5.74) is 1.76. The fourth-order valence-electron chi connectivity index (χ4n) is 3.16. The third-order valence-corrected chi connectivity index (χ3v) is 6.29. The number of hydrogen-bond acceptors (Lipinski definition) is 5. The van der Waals surface area contributed by atoms with Gasteiger partial charge in [0.05, 0.1) is 20.2 Å². The first-order valence-electron chi connectivity index (χ1n) is 10.2. The van der Waals surface area contributed by atoms with E-state index in [0.29, 0.717) is 44.8 Å². The van der Waals surface area contributed by atoms with E-state index in [2.05, 4.69) is 27.6 Å². The predicted octanol–water partition coefficient (Wildman–Crippen LogP) is 7.06. The zero-order valence-corrected chi connectivity index (χ0v) is 21.4. The van der Waals surface area contributed by atoms with Crippen LogP contribution in [0, 0.1) is 9.39 Å². The van der Waals surface area contributed by atoms with Gasteiger partial charge in [-0.3, -0.25) is 0 Å². The highest BCUT2D eigenvalue weighted by atomic mass is 127. The normalized spacial score (nSPS) is 14.2. The number of carbonyl (C=O) groups is 1. The number of halogens is 4. The fraction of sp³-hybridized carbons (Fsp3) is 0.120. The lowest BCUT2D eigenvalue weighted by molar-refractivity contribution is -0.129. The molecule has 0 fully saturated rings. The van der Waals surface area contributed by atoms with Crippen LogP contribution in [0.3, 0.4) is 0 Å². The highest BCUT2D eigenvalue weighted by Crippen LogP contribution is 2.36. The van der Waals surface area contributed by atoms with Crippen LogP contribution in [0.5, 0.6) is 11.5 Å². The van der Waals surface area contributed by atoms with E-state index in [1.807, 2.05) is 13.0 Å². The Kier molecular flexibility index (Phi) is 7.75. The molecule has 174 valence electrons. The number of aliphatic imine (C=N–C) groups is 1. The molecule has 4 rings (SSSR count). The van der Waals surface area contributed by atoms with Crippen LogP contribution >= 0.6 is 45.8 Å². The molecule has 0 spiro atoms. The minimum atomic E-state index is -0.589. The summed E-state index contributed by atoms with van der Waals surface area (Å²) in [5, 5.41) is 0.721. The van der Waals surface area contributed by atoms with Crippen LogP contribution in [-0.4, -0.2) is 18.5 Å². The molecule has 0 aliphatic carbocycles. The minimum absolute atomic E-state index is 0.0484. The van der Waals surface area contributed by atoms with E-state index >= 15 is 0 Å². The van der Waals surface area contributed by atoms with Crippen molar-refractivity contribution < 1.29 is 23.4 Å². The van der Waals surface area contributed by atoms with Gasteiger partial charge in [0.25, 0.3) is 0 Å². The molecule has 0 aromatic heterocycles. The summed E-state index contributed by atoms with van der Waals surface area (Å²) >= 11 is 14.1. The van der Waals surface area contributed by atoms with E-state index in [1.165, 1.54) is 6.07 Å². The maximum absolute atomic E-state index is 14.0. The smallest absolute Gasteiger partial charge is 0.363 e. The van der Waals surface area contributed by atoms with Crippen LogP contribution < -0.4 is 9.47 Å². The first kappa shape index (κ1) is 24.5. The van der Waals surface area contributed by atoms with Crippen molar-refractivity contribution in [3.05, 3.63) is 96.4 Å². The zero-order chi connectivity index (χ0) is 24.2. The van der Waals surface area contributed by atoms with Gasteiger partial charge < -0.3 is 14.2 Å². The SMILES string of the molecule is CCOc1cc(/C=C2\N=C(c3ccc(Cl)c(Cl)c3)OC2=O)cc(I)c1OCc1ccccc1F. The van der Waals surface area contributed by atoms with Crippen molar-refractivity contribution in [2.24, 2.45) is 4.99 Å². The van der Waals surface area contributed by atoms with Crippen molar-refractivity contribution in [2.75, 3.05) is 6.61 Å². The van der Waals surface area contributed by atoms with Gasteiger partial charge in [-0.15, -0.1) is 0 Å². The molecule has 3 aromatic rings. The lowest BCUT2D eigenvalue weighted by Crippen LogP contribution is -2.05. The van der Waals surface area contributed by atoms with E-state index in [4.69, 9.17) is 37.4 Å². The third kappa shape index (κ3) is 5.54. The van der Waals surface area contributed by atoms with Gasteiger partial charge in [0, 0.05) is 11.1 Å². The maximum atomic E-state index is 14.0. The van der Waals surface area contributed by atoms with Crippen LogP contribution in [-0.2, 0) is 16.1 Å². The van der Waals surface area contributed by atoms with E-state index in [-0.39, 0.29) is 24.0 Å². The summed E-state index contributed by atoms with van der Waals surface area (Å²) < 4.78 is 31.7. The molecule has 0 saturated carbocycles. The summed E-state index contributed by atoms with van der Waals surface area (Å²) in [4.78, 5) is 16.7. The number of ether oxygens (including phenoxy) is 3. The standard InChI is InChI=1S/C25H17Cl2FINO4/c1-2-32-22-11-14(9-20(29)23(22)33-13-16-5-3-4-6-19(16)28)10-21-25(31)34-24(30-21)15-7-8-17(26)18(27)12-15/h3-12H,2,13H2,1H3/b21-10-. The molecule has 0 unspecified atom stereocenters. The summed E-state index contributed by atoms with van der Waals surface area (Å²) in [7, 11) is 0.